The number of nitrogens with zero attached hydrogens (tertiary/aromatic N) is 2. The number of benzene rings is 5. The summed E-state index contributed by atoms with van der Waals surface area (Å²) in [5.41, 5.74) is 16.2. The molecule has 0 radical (unpaired) electrons. The molecule has 5 aliphatic carbocycles. The van der Waals surface area contributed by atoms with Crippen LogP contribution in [-0.4, -0.2) is 9.13 Å². The van der Waals surface area contributed by atoms with E-state index in [1.807, 2.05) is 13.8 Å². The van der Waals surface area contributed by atoms with Crippen molar-refractivity contribution >= 4 is 49.2 Å². The van der Waals surface area contributed by atoms with Crippen molar-refractivity contribution in [2.75, 3.05) is 0 Å². The Morgan fingerprint density at radius 3 is 1.69 bits per heavy atom. The minimum atomic E-state index is 0.353. The molecule has 2 heteroatoms. The van der Waals surface area contributed by atoms with Crippen molar-refractivity contribution in [1.82, 2.24) is 9.13 Å². The van der Waals surface area contributed by atoms with Gasteiger partial charge >= 0.3 is 0 Å². The Balaban J connectivity index is 0.00000143. The average Bonchev–Trinajstić information content (AvgIpc) is 4.08. The van der Waals surface area contributed by atoms with Gasteiger partial charge in [0.1, 0.15) is 0 Å². The molecule has 4 atom stereocenters. The Morgan fingerprint density at radius 1 is 0.510 bits per heavy atom. The van der Waals surface area contributed by atoms with Crippen LogP contribution in [-0.2, 0) is 0 Å². The third-order valence-corrected chi connectivity index (χ3v) is 11.5. The van der Waals surface area contributed by atoms with E-state index in [0.717, 1.165) is 17.8 Å². The van der Waals surface area contributed by atoms with E-state index in [2.05, 4.69) is 155 Å². The molecule has 7 aromatic rings. The van der Waals surface area contributed by atoms with Gasteiger partial charge in [0.25, 0.3) is 0 Å². The van der Waals surface area contributed by atoms with Crippen LogP contribution >= 0.6 is 0 Å². The van der Waals surface area contributed by atoms with Gasteiger partial charge in [-0.1, -0.05) is 117 Å². The third kappa shape index (κ3) is 3.83. The predicted molar refractivity (Wildman–Crippen MR) is 205 cm³/mol. The summed E-state index contributed by atoms with van der Waals surface area (Å²) in [6.45, 7) is 4.00. The lowest BCUT2D eigenvalue weighted by molar-refractivity contribution is 0.697. The molecule has 5 aromatic carbocycles. The molecule has 49 heavy (non-hydrogen) atoms. The lowest BCUT2D eigenvalue weighted by atomic mass is 9.85. The highest BCUT2D eigenvalue weighted by molar-refractivity contribution is 6.11. The SMILES string of the molecule is C1=C(C2=CC3CC3C3C=C23)C2=CC2C(c2cc(-n3c4ccccc4c4ccccc43)ccc2-n2c3ccccc3c3ccccc32)=C1.CC. The predicted octanol–water partition coefficient (Wildman–Crippen LogP) is 11.9. The fraction of sp³-hybridized carbons (Fsp3) is 0.149. The molecule has 1 fully saturated rings. The van der Waals surface area contributed by atoms with E-state index in [-0.39, 0.29) is 0 Å². The fourth-order valence-electron chi connectivity index (χ4n) is 9.16. The highest BCUT2D eigenvalue weighted by Crippen LogP contribution is 2.64. The number of allylic oxidation sites excluding steroid dienone is 10. The van der Waals surface area contributed by atoms with Gasteiger partial charge < -0.3 is 9.13 Å². The first-order chi connectivity index (χ1) is 24.3. The molecule has 0 saturated heterocycles. The van der Waals surface area contributed by atoms with Crippen molar-refractivity contribution in [3.05, 3.63) is 173 Å². The van der Waals surface area contributed by atoms with Gasteiger partial charge in [0.15, 0.2) is 0 Å². The summed E-state index contributed by atoms with van der Waals surface area (Å²) >= 11 is 0. The molecule has 234 valence electrons. The van der Waals surface area contributed by atoms with E-state index in [9.17, 15) is 0 Å². The summed E-state index contributed by atoms with van der Waals surface area (Å²) in [4.78, 5) is 0. The topological polar surface area (TPSA) is 9.86 Å². The summed E-state index contributed by atoms with van der Waals surface area (Å²) < 4.78 is 4.95. The van der Waals surface area contributed by atoms with Crippen LogP contribution in [0.2, 0.25) is 0 Å². The van der Waals surface area contributed by atoms with Crippen LogP contribution in [0.15, 0.2) is 168 Å². The van der Waals surface area contributed by atoms with Gasteiger partial charge in [0.05, 0.1) is 27.8 Å². The van der Waals surface area contributed by atoms with Crippen LogP contribution < -0.4 is 0 Å². The van der Waals surface area contributed by atoms with Crippen LogP contribution in [0.4, 0.5) is 0 Å². The Labute approximate surface area is 286 Å². The second-order valence-electron chi connectivity index (χ2n) is 14.0. The first-order valence-corrected chi connectivity index (χ1v) is 18.0. The van der Waals surface area contributed by atoms with Gasteiger partial charge in [-0.2, -0.15) is 0 Å². The van der Waals surface area contributed by atoms with E-state index < -0.39 is 0 Å². The summed E-state index contributed by atoms with van der Waals surface area (Å²) in [5, 5.41) is 5.16. The number of hydrogen-bond donors (Lipinski definition) is 0. The molecule has 0 spiro atoms. The van der Waals surface area contributed by atoms with E-state index in [1.165, 1.54) is 89.3 Å². The largest absolute Gasteiger partial charge is 0.309 e. The highest BCUT2D eigenvalue weighted by atomic mass is 15.0. The minimum Gasteiger partial charge on any atom is -0.309 e. The van der Waals surface area contributed by atoms with Crippen molar-refractivity contribution < 1.29 is 0 Å². The smallest absolute Gasteiger partial charge is 0.0541 e. The molecule has 5 aliphatic rings. The van der Waals surface area contributed by atoms with Gasteiger partial charge in [0.2, 0.25) is 0 Å². The molecule has 4 unspecified atom stereocenters. The average molecular weight is 629 g/mol. The molecule has 2 nitrogen and oxygen atoms in total. The Hall–Kier alpha value is -5.60. The fourth-order valence-corrected chi connectivity index (χ4v) is 9.16. The van der Waals surface area contributed by atoms with E-state index in [0.29, 0.717) is 5.92 Å². The Bertz CT molecular complexity index is 2630. The van der Waals surface area contributed by atoms with Crippen LogP contribution in [0.25, 0.3) is 60.6 Å². The van der Waals surface area contributed by atoms with Gasteiger partial charge in [-0.3, -0.25) is 0 Å². The van der Waals surface area contributed by atoms with Gasteiger partial charge in [0, 0.05) is 44.6 Å². The molecular formula is C47H36N2. The zero-order valence-corrected chi connectivity index (χ0v) is 27.8. The summed E-state index contributed by atoms with van der Waals surface area (Å²) in [6.07, 6.45) is 13.9. The monoisotopic (exact) mass is 628 g/mol. The van der Waals surface area contributed by atoms with Crippen LogP contribution in [0.5, 0.6) is 0 Å². The van der Waals surface area contributed by atoms with Gasteiger partial charge in [-0.15, -0.1) is 0 Å². The Morgan fingerprint density at radius 2 is 1.08 bits per heavy atom. The van der Waals surface area contributed by atoms with Crippen molar-refractivity contribution in [3.63, 3.8) is 0 Å². The molecule has 0 bridgehead atoms. The lowest BCUT2D eigenvalue weighted by Gasteiger charge is -2.22. The summed E-state index contributed by atoms with van der Waals surface area (Å²) in [6, 6.07) is 42.5. The molecule has 12 rings (SSSR count). The third-order valence-electron chi connectivity index (χ3n) is 11.5. The summed E-state index contributed by atoms with van der Waals surface area (Å²) in [7, 11) is 0. The van der Waals surface area contributed by atoms with Crippen molar-refractivity contribution in [2.45, 2.75) is 20.3 Å². The molecular weight excluding hydrogens is 593 g/mol. The van der Waals surface area contributed by atoms with Crippen molar-refractivity contribution in [2.24, 2.45) is 23.7 Å². The number of aromatic nitrogens is 2. The van der Waals surface area contributed by atoms with E-state index in [4.69, 9.17) is 0 Å². The number of para-hydroxylation sites is 4. The number of hydrogen-bond acceptors (Lipinski definition) is 0. The highest BCUT2D eigenvalue weighted by Gasteiger charge is 2.53. The van der Waals surface area contributed by atoms with Gasteiger partial charge in [-0.05, 0) is 88.6 Å². The van der Waals surface area contributed by atoms with Crippen molar-refractivity contribution in [1.29, 1.82) is 0 Å². The van der Waals surface area contributed by atoms with Gasteiger partial charge in [-0.25, -0.2) is 0 Å². The van der Waals surface area contributed by atoms with E-state index in [1.54, 1.807) is 5.57 Å². The Kier molecular flexibility index (Phi) is 5.56. The number of rotatable bonds is 4. The molecule has 0 aliphatic heterocycles. The van der Waals surface area contributed by atoms with Crippen LogP contribution in [0, 0.1) is 23.7 Å². The maximum absolute atomic E-state index is 2.59. The number of fused-ring (bicyclic) bond motifs is 10. The maximum atomic E-state index is 2.59. The van der Waals surface area contributed by atoms with E-state index >= 15 is 0 Å². The second-order valence-corrected chi connectivity index (χ2v) is 14.0. The normalized spacial score (nSPS) is 22.6. The van der Waals surface area contributed by atoms with Crippen LogP contribution in [0.1, 0.15) is 25.8 Å². The quantitative estimate of drug-likeness (QED) is 0.184. The molecule has 0 amide bonds. The summed E-state index contributed by atoms with van der Waals surface area (Å²) in [5.74, 6) is 2.82. The first kappa shape index (κ1) is 27.4. The standard InChI is InChI=1S/C45H30N2.C2H6/c1-5-13-41-30(9-1)31-10-2-6-14-42(31)46(41)27-17-20-45(47-43-15-7-3-11-32(43)33-12-4-8-16-44(33)47)40(23-27)29-19-18-28(36-24-37(29)36)35-22-26-21-34(26)38-25-39(35)38;1-2/h1-20,22-26,34,37-38H,21H2;1-2H3. The zero-order valence-electron chi connectivity index (χ0n) is 27.8. The molecule has 2 aromatic heterocycles. The minimum absolute atomic E-state index is 0.353. The molecule has 2 heterocycles. The molecule has 0 N–H and O–H groups in total. The maximum Gasteiger partial charge on any atom is 0.0541 e. The van der Waals surface area contributed by atoms with Crippen LogP contribution in [0.3, 0.4) is 0 Å². The second kappa shape index (κ2) is 9.96. The first-order valence-electron chi connectivity index (χ1n) is 18.0. The van der Waals surface area contributed by atoms with Crippen molar-refractivity contribution in [3.8, 4) is 11.4 Å². The molecule has 1 saturated carbocycles. The zero-order chi connectivity index (χ0) is 32.4. The lowest BCUT2D eigenvalue weighted by Crippen LogP contribution is -2.07.